The van der Waals surface area contributed by atoms with Crippen LogP contribution in [0.5, 0.6) is 5.75 Å². The maximum absolute atomic E-state index is 11.4. The highest BCUT2D eigenvalue weighted by Crippen LogP contribution is 2.22. The molecule has 0 unspecified atom stereocenters. The molecule has 0 radical (unpaired) electrons. The van der Waals surface area contributed by atoms with E-state index in [1.165, 1.54) is 0 Å². The molecule has 1 aromatic carbocycles. The number of fused-ring (bicyclic) bond motifs is 1. The molecule has 0 saturated heterocycles. The van der Waals surface area contributed by atoms with Crippen molar-refractivity contribution in [1.29, 1.82) is 0 Å². The molecule has 0 aliphatic carbocycles. The molecular formula is C12H12O2. The first-order chi connectivity index (χ1) is 6.77. The SMILES string of the molecule is C/C1=C/CCc2ccccc2OC1=O. The van der Waals surface area contributed by atoms with Crippen molar-refractivity contribution in [2.45, 2.75) is 19.8 Å². The van der Waals surface area contributed by atoms with Crippen molar-refractivity contribution in [3.8, 4) is 5.75 Å². The molecule has 1 aliphatic heterocycles. The van der Waals surface area contributed by atoms with E-state index in [0.29, 0.717) is 11.3 Å². The largest absolute Gasteiger partial charge is 0.423 e. The van der Waals surface area contributed by atoms with Crippen LogP contribution in [0.2, 0.25) is 0 Å². The Morgan fingerprint density at radius 1 is 1.29 bits per heavy atom. The smallest absolute Gasteiger partial charge is 0.338 e. The maximum Gasteiger partial charge on any atom is 0.338 e. The zero-order valence-corrected chi connectivity index (χ0v) is 8.12. The lowest BCUT2D eigenvalue weighted by atomic mass is 10.1. The van der Waals surface area contributed by atoms with E-state index in [1.807, 2.05) is 30.3 Å². The van der Waals surface area contributed by atoms with Crippen molar-refractivity contribution in [3.63, 3.8) is 0 Å². The monoisotopic (exact) mass is 188 g/mol. The molecular weight excluding hydrogens is 176 g/mol. The van der Waals surface area contributed by atoms with Crippen LogP contribution in [-0.4, -0.2) is 5.97 Å². The second kappa shape index (κ2) is 3.66. The number of para-hydroxylation sites is 1. The number of hydrogen-bond acceptors (Lipinski definition) is 2. The summed E-state index contributed by atoms with van der Waals surface area (Å²) in [5.41, 5.74) is 1.80. The van der Waals surface area contributed by atoms with Gasteiger partial charge in [0.25, 0.3) is 0 Å². The molecule has 0 N–H and O–H groups in total. The van der Waals surface area contributed by atoms with Gasteiger partial charge in [-0.1, -0.05) is 24.3 Å². The summed E-state index contributed by atoms with van der Waals surface area (Å²) in [6, 6.07) is 7.68. The lowest BCUT2D eigenvalue weighted by Crippen LogP contribution is -2.12. The van der Waals surface area contributed by atoms with E-state index in [0.717, 1.165) is 18.4 Å². The number of allylic oxidation sites excluding steroid dienone is 1. The average molecular weight is 188 g/mol. The van der Waals surface area contributed by atoms with Gasteiger partial charge in [-0.15, -0.1) is 0 Å². The fraction of sp³-hybridized carbons (Fsp3) is 0.250. The highest BCUT2D eigenvalue weighted by atomic mass is 16.5. The molecule has 0 aromatic heterocycles. The standard InChI is InChI=1S/C12H12O2/c1-9-5-4-7-10-6-2-3-8-11(10)14-12(9)13/h2-3,5-6,8H,4,7H2,1H3/b9-5-. The summed E-state index contributed by atoms with van der Waals surface area (Å²) < 4.78 is 5.24. The lowest BCUT2D eigenvalue weighted by molar-refractivity contribution is -0.130. The van der Waals surface area contributed by atoms with Gasteiger partial charge in [0.1, 0.15) is 5.75 Å². The van der Waals surface area contributed by atoms with E-state index in [4.69, 9.17) is 4.74 Å². The summed E-state index contributed by atoms with van der Waals surface area (Å²) in [5.74, 6) is 0.460. The highest BCUT2D eigenvalue weighted by molar-refractivity contribution is 5.89. The van der Waals surface area contributed by atoms with Crippen LogP contribution in [0.4, 0.5) is 0 Å². The summed E-state index contributed by atoms with van der Waals surface area (Å²) in [6.07, 6.45) is 3.76. The summed E-state index contributed by atoms with van der Waals surface area (Å²) in [6.45, 7) is 1.79. The van der Waals surface area contributed by atoms with Gasteiger partial charge in [-0.2, -0.15) is 0 Å². The summed E-state index contributed by atoms with van der Waals surface area (Å²) in [5, 5.41) is 0. The predicted octanol–water partition coefficient (Wildman–Crippen LogP) is 2.48. The van der Waals surface area contributed by atoms with Gasteiger partial charge in [-0.3, -0.25) is 0 Å². The van der Waals surface area contributed by atoms with Crippen molar-refractivity contribution < 1.29 is 9.53 Å². The fourth-order valence-electron chi connectivity index (χ4n) is 1.52. The Morgan fingerprint density at radius 2 is 2.07 bits per heavy atom. The zero-order chi connectivity index (χ0) is 9.97. The first-order valence-electron chi connectivity index (χ1n) is 4.74. The van der Waals surface area contributed by atoms with E-state index in [1.54, 1.807) is 6.92 Å². The Kier molecular flexibility index (Phi) is 2.35. The van der Waals surface area contributed by atoms with Gasteiger partial charge in [0.15, 0.2) is 0 Å². The topological polar surface area (TPSA) is 26.3 Å². The molecule has 2 rings (SSSR count). The van der Waals surface area contributed by atoms with E-state index < -0.39 is 0 Å². The molecule has 0 atom stereocenters. The molecule has 0 bridgehead atoms. The van der Waals surface area contributed by atoms with Crippen molar-refractivity contribution in [2.24, 2.45) is 0 Å². The maximum atomic E-state index is 11.4. The Hall–Kier alpha value is -1.57. The van der Waals surface area contributed by atoms with Gasteiger partial charge in [0.05, 0.1) is 0 Å². The molecule has 2 nitrogen and oxygen atoms in total. The van der Waals surface area contributed by atoms with E-state index >= 15 is 0 Å². The van der Waals surface area contributed by atoms with Gasteiger partial charge in [-0.25, -0.2) is 4.79 Å². The Morgan fingerprint density at radius 3 is 2.93 bits per heavy atom. The van der Waals surface area contributed by atoms with Crippen molar-refractivity contribution in [2.75, 3.05) is 0 Å². The van der Waals surface area contributed by atoms with Gasteiger partial charge >= 0.3 is 5.97 Å². The van der Waals surface area contributed by atoms with E-state index in [-0.39, 0.29) is 5.97 Å². The van der Waals surface area contributed by atoms with E-state index in [9.17, 15) is 4.79 Å². The Labute approximate surface area is 83.2 Å². The van der Waals surface area contributed by atoms with Crippen LogP contribution in [0.1, 0.15) is 18.9 Å². The summed E-state index contributed by atoms with van der Waals surface area (Å²) in [4.78, 5) is 11.4. The second-order valence-corrected chi connectivity index (χ2v) is 3.42. The third-order valence-corrected chi connectivity index (χ3v) is 2.36. The summed E-state index contributed by atoms with van der Waals surface area (Å²) >= 11 is 0. The molecule has 0 fully saturated rings. The third kappa shape index (κ3) is 1.69. The molecule has 1 aromatic rings. The van der Waals surface area contributed by atoms with Crippen LogP contribution < -0.4 is 4.74 Å². The Balaban J connectivity index is 2.36. The quantitative estimate of drug-likeness (QED) is 0.462. The lowest BCUT2D eigenvalue weighted by Gasteiger charge is -2.12. The minimum atomic E-state index is -0.239. The molecule has 2 heteroatoms. The number of ether oxygens (including phenoxy) is 1. The summed E-state index contributed by atoms with van der Waals surface area (Å²) in [7, 11) is 0. The third-order valence-electron chi connectivity index (χ3n) is 2.36. The molecule has 1 aliphatic rings. The fourth-order valence-corrected chi connectivity index (χ4v) is 1.52. The highest BCUT2D eigenvalue weighted by Gasteiger charge is 2.12. The number of aryl methyl sites for hydroxylation is 1. The van der Waals surface area contributed by atoms with E-state index in [2.05, 4.69) is 0 Å². The number of hydrogen-bond donors (Lipinski definition) is 0. The minimum absolute atomic E-state index is 0.239. The second-order valence-electron chi connectivity index (χ2n) is 3.42. The van der Waals surface area contributed by atoms with Gasteiger partial charge in [-0.05, 0) is 31.4 Å². The molecule has 14 heavy (non-hydrogen) atoms. The predicted molar refractivity (Wildman–Crippen MR) is 54.2 cm³/mol. The van der Waals surface area contributed by atoms with Crippen molar-refractivity contribution in [3.05, 3.63) is 41.5 Å². The number of rotatable bonds is 0. The number of esters is 1. The van der Waals surface area contributed by atoms with Gasteiger partial charge < -0.3 is 4.74 Å². The number of carbonyl (C=O) groups is 1. The molecule has 0 saturated carbocycles. The van der Waals surface area contributed by atoms with Crippen LogP contribution >= 0.6 is 0 Å². The van der Waals surface area contributed by atoms with Crippen LogP contribution in [0.3, 0.4) is 0 Å². The Bertz CT molecular complexity index is 391. The first-order valence-corrected chi connectivity index (χ1v) is 4.74. The van der Waals surface area contributed by atoms with Crippen LogP contribution in [-0.2, 0) is 11.2 Å². The first kappa shape index (κ1) is 9.00. The normalized spacial score (nSPS) is 19.8. The average Bonchev–Trinajstić information content (AvgIpc) is 2.18. The minimum Gasteiger partial charge on any atom is -0.423 e. The van der Waals surface area contributed by atoms with Crippen molar-refractivity contribution in [1.82, 2.24) is 0 Å². The molecule has 0 amide bonds. The zero-order valence-electron chi connectivity index (χ0n) is 8.12. The molecule has 0 spiro atoms. The number of carbonyl (C=O) groups excluding carboxylic acids is 1. The van der Waals surface area contributed by atoms with Gasteiger partial charge in [0, 0.05) is 5.57 Å². The van der Waals surface area contributed by atoms with Crippen LogP contribution in [0.15, 0.2) is 35.9 Å². The van der Waals surface area contributed by atoms with Crippen molar-refractivity contribution >= 4 is 5.97 Å². The van der Waals surface area contributed by atoms with Gasteiger partial charge in [0.2, 0.25) is 0 Å². The van der Waals surface area contributed by atoms with Crippen LogP contribution in [0, 0.1) is 0 Å². The number of benzene rings is 1. The molecule has 1 heterocycles. The van der Waals surface area contributed by atoms with Crippen LogP contribution in [0.25, 0.3) is 0 Å². The molecule has 72 valence electrons.